The Morgan fingerprint density at radius 3 is 2.76 bits per heavy atom. The van der Waals surface area contributed by atoms with E-state index >= 15 is 0 Å². The lowest BCUT2D eigenvalue weighted by molar-refractivity contribution is 0.103. The smallest absolute Gasteiger partial charge is 0.193 e. The third-order valence-electron chi connectivity index (χ3n) is 4.07. The molecule has 1 aliphatic rings. The van der Waals surface area contributed by atoms with Crippen molar-refractivity contribution in [3.05, 3.63) is 63.7 Å². The predicted molar refractivity (Wildman–Crippen MR) is 84.6 cm³/mol. The van der Waals surface area contributed by atoms with E-state index in [1.165, 1.54) is 0 Å². The van der Waals surface area contributed by atoms with Crippen LogP contribution in [-0.4, -0.2) is 12.4 Å². The Hall–Kier alpha value is -1.80. The second kappa shape index (κ2) is 4.88. The Balaban J connectivity index is 2.06. The van der Waals surface area contributed by atoms with Gasteiger partial charge >= 0.3 is 0 Å². The molecule has 0 spiro atoms. The summed E-state index contributed by atoms with van der Waals surface area (Å²) in [5.74, 6) is 0.875. The van der Waals surface area contributed by atoms with Gasteiger partial charge in [0.05, 0.1) is 6.61 Å². The zero-order valence-corrected chi connectivity index (χ0v) is 13.1. The molecule has 2 nitrogen and oxygen atoms in total. The van der Waals surface area contributed by atoms with Gasteiger partial charge in [-0.3, -0.25) is 4.79 Å². The lowest BCUT2D eigenvalue weighted by Gasteiger charge is -2.16. The minimum absolute atomic E-state index is 0.000463. The number of carbonyl (C=O) groups excluding carboxylic acids is 1. The molecule has 0 aliphatic carbocycles. The summed E-state index contributed by atoms with van der Waals surface area (Å²) in [5, 5.41) is 0.616. The highest BCUT2D eigenvalue weighted by Gasteiger charge is 2.32. The van der Waals surface area contributed by atoms with Crippen molar-refractivity contribution in [3.8, 4) is 5.75 Å². The number of ether oxygens (including phenoxy) is 1. The summed E-state index contributed by atoms with van der Waals surface area (Å²) in [6.07, 6.45) is 0. The molecule has 1 aliphatic heterocycles. The fraction of sp³-hybridized carbons (Fsp3) is 0.278. The Morgan fingerprint density at radius 2 is 2.00 bits per heavy atom. The van der Waals surface area contributed by atoms with Crippen molar-refractivity contribution < 1.29 is 9.53 Å². The highest BCUT2D eigenvalue weighted by Crippen LogP contribution is 2.39. The number of halogens is 1. The average Bonchev–Trinajstić information content (AvgIpc) is 2.76. The molecule has 0 N–H and O–H groups in total. The van der Waals surface area contributed by atoms with E-state index < -0.39 is 0 Å². The Kier molecular flexibility index (Phi) is 3.29. The van der Waals surface area contributed by atoms with Crippen molar-refractivity contribution >= 4 is 17.4 Å². The molecule has 0 saturated carbocycles. The minimum Gasteiger partial charge on any atom is -0.492 e. The number of hydrogen-bond acceptors (Lipinski definition) is 2. The van der Waals surface area contributed by atoms with Crippen molar-refractivity contribution in [2.75, 3.05) is 6.61 Å². The van der Waals surface area contributed by atoms with Crippen molar-refractivity contribution in [2.24, 2.45) is 0 Å². The van der Waals surface area contributed by atoms with E-state index in [0.717, 1.165) is 16.9 Å². The van der Waals surface area contributed by atoms with Crippen LogP contribution in [0.15, 0.2) is 36.4 Å². The third-order valence-corrected chi connectivity index (χ3v) is 4.48. The van der Waals surface area contributed by atoms with E-state index in [1.54, 1.807) is 6.07 Å². The quantitative estimate of drug-likeness (QED) is 0.761. The van der Waals surface area contributed by atoms with Crippen LogP contribution in [0.25, 0.3) is 0 Å². The summed E-state index contributed by atoms with van der Waals surface area (Å²) in [4.78, 5) is 12.7. The zero-order valence-electron chi connectivity index (χ0n) is 12.4. The van der Waals surface area contributed by atoms with E-state index in [1.807, 2.05) is 37.3 Å². The van der Waals surface area contributed by atoms with E-state index in [-0.39, 0.29) is 11.2 Å². The number of fused-ring (bicyclic) bond motifs is 1. The van der Waals surface area contributed by atoms with Gasteiger partial charge in [0.2, 0.25) is 0 Å². The second-order valence-electron chi connectivity index (χ2n) is 6.13. The van der Waals surface area contributed by atoms with Crippen molar-refractivity contribution in [2.45, 2.75) is 26.2 Å². The Bertz CT molecular complexity index is 732. The molecule has 3 rings (SSSR count). The molecule has 1 heterocycles. The standard InChI is InChI=1S/C18H17ClO2/c1-11-13(5-4-6-15(11)19)17(20)12-7-8-16-14(9-12)18(2,3)10-21-16/h4-9H,10H2,1-3H3. The molecule has 3 heteroatoms. The van der Waals surface area contributed by atoms with Gasteiger partial charge in [-0.05, 0) is 36.8 Å². The van der Waals surface area contributed by atoms with E-state index in [9.17, 15) is 4.79 Å². The highest BCUT2D eigenvalue weighted by molar-refractivity contribution is 6.32. The van der Waals surface area contributed by atoms with Gasteiger partial charge in [0.15, 0.2) is 5.78 Å². The molecule has 0 atom stereocenters. The van der Waals surface area contributed by atoms with Crippen LogP contribution in [0.3, 0.4) is 0 Å². The number of ketones is 1. The molecule has 0 aromatic heterocycles. The number of carbonyl (C=O) groups is 1. The van der Waals surface area contributed by atoms with Crippen LogP contribution in [0.5, 0.6) is 5.75 Å². The average molecular weight is 301 g/mol. The molecule has 0 saturated heterocycles. The predicted octanol–water partition coefficient (Wildman–Crippen LogP) is 4.55. The van der Waals surface area contributed by atoms with Gasteiger partial charge in [-0.15, -0.1) is 0 Å². The van der Waals surface area contributed by atoms with Gasteiger partial charge in [0, 0.05) is 27.1 Å². The number of rotatable bonds is 2. The molecule has 0 unspecified atom stereocenters. The fourth-order valence-electron chi connectivity index (χ4n) is 2.67. The maximum Gasteiger partial charge on any atom is 0.193 e. The second-order valence-corrected chi connectivity index (χ2v) is 6.53. The van der Waals surface area contributed by atoms with Gasteiger partial charge in [-0.25, -0.2) is 0 Å². The topological polar surface area (TPSA) is 26.3 Å². The van der Waals surface area contributed by atoms with Crippen LogP contribution < -0.4 is 4.74 Å². The minimum atomic E-state index is -0.0605. The van der Waals surface area contributed by atoms with Gasteiger partial charge in [-0.1, -0.05) is 37.6 Å². The first kappa shape index (κ1) is 14.2. The lowest BCUT2D eigenvalue weighted by atomic mass is 9.85. The SMILES string of the molecule is Cc1c(Cl)cccc1C(=O)c1ccc2c(c1)C(C)(C)CO2. The van der Waals surface area contributed by atoms with Gasteiger partial charge < -0.3 is 4.74 Å². The van der Waals surface area contributed by atoms with Crippen molar-refractivity contribution in [1.29, 1.82) is 0 Å². The first-order valence-corrected chi connectivity index (χ1v) is 7.35. The Labute approximate surface area is 129 Å². The summed E-state index contributed by atoms with van der Waals surface area (Å²) in [7, 11) is 0. The summed E-state index contributed by atoms with van der Waals surface area (Å²) in [6, 6.07) is 11.1. The monoisotopic (exact) mass is 300 g/mol. The van der Waals surface area contributed by atoms with Crippen LogP contribution in [0.4, 0.5) is 0 Å². The first-order chi connectivity index (χ1) is 9.90. The molecule has 0 bridgehead atoms. The highest BCUT2D eigenvalue weighted by atomic mass is 35.5. The normalized spacial score (nSPS) is 15.4. The van der Waals surface area contributed by atoms with Crippen LogP contribution in [0, 0.1) is 6.92 Å². The van der Waals surface area contributed by atoms with Crippen LogP contribution in [0.1, 0.15) is 40.9 Å². The Morgan fingerprint density at radius 1 is 1.24 bits per heavy atom. The van der Waals surface area contributed by atoms with Crippen LogP contribution >= 0.6 is 11.6 Å². The molecular formula is C18H17ClO2. The maximum absolute atomic E-state index is 12.7. The maximum atomic E-state index is 12.7. The fourth-order valence-corrected chi connectivity index (χ4v) is 2.85. The molecule has 0 fully saturated rings. The molecule has 2 aromatic rings. The molecule has 108 valence electrons. The van der Waals surface area contributed by atoms with Crippen molar-refractivity contribution in [1.82, 2.24) is 0 Å². The number of benzene rings is 2. The molecular weight excluding hydrogens is 284 g/mol. The lowest BCUT2D eigenvalue weighted by Crippen LogP contribution is -2.18. The van der Waals surface area contributed by atoms with E-state index in [2.05, 4.69) is 13.8 Å². The number of hydrogen-bond donors (Lipinski definition) is 0. The first-order valence-electron chi connectivity index (χ1n) is 6.97. The van der Waals surface area contributed by atoms with Crippen LogP contribution in [-0.2, 0) is 5.41 Å². The zero-order chi connectivity index (χ0) is 15.2. The summed E-state index contributed by atoms with van der Waals surface area (Å²) in [5.41, 5.74) is 3.18. The van der Waals surface area contributed by atoms with E-state index in [4.69, 9.17) is 16.3 Å². The van der Waals surface area contributed by atoms with Gasteiger partial charge in [0.1, 0.15) is 5.75 Å². The van der Waals surface area contributed by atoms with Crippen molar-refractivity contribution in [3.63, 3.8) is 0 Å². The van der Waals surface area contributed by atoms with E-state index in [0.29, 0.717) is 22.8 Å². The molecule has 21 heavy (non-hydrogen) atoms. The van der Waals surface area contributed by atoms with Crippen LogP contribution in [0.2, 0.25) is 5.02 Å². The largest absolute Gasteiger partial charge is 0.492 e. The summed E-state index contributed by atoms with van der Waals surface area (Å²) >= 11 is 6.11. The molecule has 0 radical (unpaired) electrons. The third kappa shape index (κ3) is 2.34. The van der Waals surface area contributed by atoms with Gasteiger partial charge in [0.25, 0.3) is 0 Å². The molecule has 2 aromatic carbocycles. The van der Waals surface area contributed by atoms with Gasteiger partial charge in [-0.2, -0.15) is 0 Å². The summed E-state index contributed by atoms with van der Waals surface area (Å²) in [6.45, 7) is 6.77. The molecule has 0 amide bonds. The summed E-state index contributed by atoms with van der Waals surface area (Å²) < 4.78 is 5.66.